The van der Waals surface area contributed by atoms with Crippen molar-refractivity contribution < 1.29 is 4.79 Å². The Balaban J connectivity index is 4.55. The zero-order valence-corrected chi connectivity index (χ0v) is 11.6. The van der Waals surface area contributed by atoms with Crippen molar-refractivity contribution >= 4 is 40.6 Å². The van der Waals surface area contributed by atoms with Gasteiger partial charge in [0.25, 0.3) is 3.79 Å². The fourth-order valence-corrected chi connectivity index (χ4v) is 1.38. The van der Waals surface area contributed by atoms with Crippen molar-refractivity contribution in [2.24, 2.45) is 0 Å². The van der Waals surface area contributed by atoms with E-state index in [1.165, 1.54) is 6.08 Å². The van der Waals surface area contributed by atoms with Crippen LogP contribution in [0.4, 0.5) is 0 Å². The minimum Gasteiger partial charge on any atom is -0.372 e. The SMILES string of the molecule is CC(C)N(/C=C/C(=O)C(Cl)(Cl)Cl)C(C)C. The Morgan fingerprint density at radius 3 is 1.80 bits per heavy atom. The molecule has 0 bridgehead atoms. The van der Waals surface area contributed by atoms with Gasteiger partial charge in [-0.05, 0) is 27.7 Å². The second kappa shape index (κ2) is 5.97. The van der Waals surface area contributed by atoms with Gasteiger partial charge in [-0.15, -0.1) is 0 Å². The average molecular weight is 273 g/mol. The lowest BCUT2D eigenvalue weighted by molar-refractivity contribution is -0.113. The van der Waals surface area contributed by atoms with E-state index in [1.807, 2.05) is 32.6 Å². The van der Waals surface area contributed by atoms with E-state index in [1.54, 1.807) is 6.20 Å². The molecule has 0 spiro atoms. The van der Waals surface area contributed by atoms with E-state index < -0.39 is 9.58 Å². The smallest absolute Gasteiger partial charge is 0.252 e. The van der Waals surface area contributed by atoms with Gasteiger partial charge in [0.2, 0.25) is 5.78 Å². The maximum absolute atomic E-state index is 11.3. The Hall–Kier alpha value is 0.0800. The quantitative estimate of drug-likeness (QED) is 0.576. The van der Waals surface area contributed by atoms with Crippen LogP contribution in [0.5, 0.6) is 0 Å². The number of ketones is 1. The first-order valence-corrected chi connectivity index (χ1v) is 5.86. The van der Waals surface area contributed by atoms with Crippen molar-refractivity contribution in [1.29, 1.82) is 0 Å². The number of halogens is 3. The summed E-state index contributed by atoms with van der Waals surface area (Å²) in [4.78, 5) is 13.3. The second-order valence-electron chi connectivity index (χ2n) is 3.81. The monoisotopic (exact) mass is 271 g/mol. The van der Waals surface area contributed by atoms with Gasteiger partial charge in [-0.1, -0.05) is 34.8 Å². The predicted octanol–water partition coefficient (Wildman–Crippen LogP) is 3.56. The van der Waals surface area contributed by atoms with Crippen LogP contribution in [-0.2, 0) is 4.79 Å². The van der Waals surface area contributed by atoms with Crippen LogP contribution in [0.25, 0.3) is 0 Å². The van der Waals surface area contributed by atoms with Crippen molar-refractivity contribution in [3.8, 4) is 0 Å². The van der Waals surface area contributed by atoms with E-state index in [9.17, 15) is 4.79 Å². The molecule has 2 nitrogen and oxygen atoms in total. The summed E-state index contributed by atoms with van der Waals surface area (Å²) in [6.45, 7) is 8.13. The second-order valence-corrected chi connectivity index (χ2v) is 6.09. The lowest BCUT2D eigenvalue weighted by Gasteiger charge is -2.29. The molecule has 0 amide bonds. The number of carbonyl (C=O) groups is 1. The molecule has 5 heteroatoms. The fourth-order valence-electron chi connectivity index (χ4n) is 1.19. The third-order valence-electron chi connectivity index (χ3n) is 1.87. The van der Waals surface area contributed by atoms with Crippen molar-refractivity contribution in [3.05, 3.63) is 12.3 Å². The first-order chi connectivity index (χ1) is 6.66. The van der Waals surface area contributed by atoms with Gasteiger partial charge in [-0.2, -0.15) is 0 Å². The molecule has 0 aliphatic carbocycles. The van der Waals surface area contributed by atoms with Gasteiger partial charge < -0.3 is 4.90 Å². The zero-order valence-electron chi connectivity index (χ0n) is 9.30. The van der Waals surface area contributed by atoms with Crippen molar-refractivity contribution in [2.45, 2.75) is 43.6 Å². The van der Waals surface area contributed by atoms with Gasteiger partial charge in [-0.25, -0.2) is 0 Å². The van der Waals surface area contributed by atoms with Gasteiger partial charge >= 0.3 is 0 Å². The van der Waals surface area contributed by atoms with E-state index in [2.05, 4.69) is 0 Å². The molecule has 0 saturated heterocycles. The Morgan fingerprint density at radius 2 is 1.53 bits per heavy atom. The summed E-state index contributed by atoms with van der Waals surface area (Å²) < 4.78 is -1.86. The Kier molecular flexibility index (Phi) is 6.01. The van der Waals surface area contributed by atoms with E-state index >= 15 is 0 Å². The Labute approximate surface area is 106 Å². The van der Waals surface area contributed by atoms with Gasteiger partial charge in [0.15, 0.2) is 0 Å². The molecular weight excluding hydrogens is 256 g/mol. The fraction of sp³-hybridized carbons (Fsp3) is 0.700. The Bertz CT molecular complexity index is 236. The molecule has 0 heterocycles. The maximum Gasteiger partial charge on any atom is 0.252 e. The number of allylic oxidation sites excluding steroid dienone is 1. The molecular formula is C10H16Cl3NO. The minimum absolute atomic E-state index is 0.296. The highest BCUT2D eigenvalue weighted by molar-refractivity contribution is 6.77. The number of hydrogen-bond acceptors (Lipinski definition) is 2. The summed E-state index contributed by atoms with van der Waals surface area (Å²) in [5.41, 5.74) is 0. The molecule has 0 aromatic heterocycles. The van der Waals surface area contributed by atoms with Crippen LogP contribution in [0.15, 0.2) is 12.3 Å². The molecule has 0 aliphatic rings. The predicted molar refractivity (Wildman–Crippen MR) is 66.5 cm³/mol. The molecule has 0 aromatic rings. The highest BCUT2D eigenvalue weighted by Crippen LogP contribution is 2.27. The summed E-state index contributed by atoms with van der Waals surface area (Å²) >= 11 is 16.3. The van der Waals surface area contributed by atoms with Crippen molar-refractivity contribution in [1.82, 2.24) is 4.90 Å². The van der Waals surface area contributed by atoms with Crippen LogP contribution < -0.4 is 0 Å². The molecule has 0 aliphatic heterocycles. The van der Waals surface area contributed by atoms with Crippen LogP contribution >= 0.6 is 34.8 Å². The van der Waals surface area contributed by atoms with Crippen LogP contribution in [0.2, 0.25) is 0 Å². The zero-order chi connectivity index (χ0) is 12.2. The number of carbonyl (C=O) groups excluding carboxylic acids is 1. The largest absolute Gasteiger partial charge is 0.372 e. The van der Waals surface area contributed by atoms with E-state index in [-0.39, 0.29) is 0 Å². The molecule has 0 saturated carbocycles. The number of nitrogens with zero attached hydrogens (tertiary/aromatic N) is 1. The minimum atomic E-state index is -1.86. The molecule has 0 atom stereocenters. The molecule has 0 rings (SSSR count). The van der Waals surface area contributed by atoms with Crippen molar-refractivity contribution in [3.63, 3.8) is 0 Å². The average Bonchev–Trinajstić information content (AvgIpc) is 2.00. The number of alkyl halides is 3. The van der Waals surface area contributed by atoms with E-state index in [0.29, 0.717) is 12.1 Å². The normalized spacial score (nSPS) is 12.9. The third-order valence-corrected chi connectivity index (χ3v) is 2.43. The molecule has 0 fully saturated rings. The third kappa shape index (κ3) is 5.64. The number of rotatable bonds is 4. The van der Waals surface area contributed by atoms with Gasteiger partial charge in [0.05, 0.1) is 0 Å². The Morgan fingerprint density at radius 1 is 1.13 bits per heavy atom. The first-order valence-electron chi connectivity index (χ1n) is 4.73. The summed E-state index contributed by atoms with van der Waals surface area (Å²) in [6.07, 6.45) is 2.96. The summed E-state index contributed by atoms with van der Waals surface area (Å²) in [5, 5.41) is 0. The maximum atomic E-state index is 11.3. The summed E-state index contributed by atoms with van der Waals surface area (Å²) in [6, 6.07) is 0.592. The lowest BCUT2D eigenvalue weighted by Crippen LogP contribution is -2.32. The van der Waals surface area contributed by atoms with Crippen molar-refractivity contribution in [2.75, 3.05) is 0 Å². The summed E-state index contributed by atoms with van der Waals surface area (Å²) in [5.74, 6) is -0.529. The highest BCUT2D eigenvalue weighted by atomic mass is 35.6. The summed E-state index contributed by atoms with van der Waals surface area (Å²) in [7, 11) is 0. The van der Waals surface area contributed by atoms with Crippen LogP contribution in [-0.4, -0.2) is 26.6 Å². The van der Waals surface area contributed by atoms with E-state index in [4.69, 9.17) is 34.8 Å². The molecule has 0 N–H and O–H groups in total. The van der Waals surface area contributed by atoms with Gasteiger partial charge in [0.1, 0.15) is 0 Å². The van der Waals surface area contributed by atoms with Gasteiger partial charge in [-0.3, -0.25) is 4.79 Å². The molecule has 15 heavy (non-hydrogen) atoms. The van der Waals surface area contributed by atoms with Crippen LogP contribution in [0.3, 0.4) is 0 Å². The molecule has 0 radical (unpaired) electrons. The topological polar surface area (TPSA) is 20.3 Å². The lowest BCUT2D eigenvalue weighted by atomic mass is 10.2. The van der Waals surface area contributed by atoms with Crippen LogP contribution in [0, 0.1) is 0 Å². The molecule has 0 unspecified atom stereocenters. The molecule has 88 valence electrons. The van der Waals surface area contributed by atoms with Crippen LogP contribution in [0.1, 0.15) is 27.7 Å². The van der Waals surface area contributed by atoms with Gasteiger partial charge in [0, 0.05) is 24.4 Å². The number of hydrogen-bond donors (Lipinski definition) is 0. The van der Waals surface area contributed by atoms with E-state index in [0.717, 1.165) is 0 Å². The highest BCUT2D eigenvalue weighted by Gasteiger charge is 2.28. The molecule has 0 aromatic carbocycles. The standard InChI is InChI=1S/C10H16Cl3NO/c1-7(2)14(8(3)4)6-5-9(15)10(11,12)13/h5-8H,1-4H3/b6-5+. The first kappa shape index (κ1) is 15.1.